The molecule has 0 saturated carbocycles. The summed E-state index contributed by atoms with van der Waals surface area (Å²) in [5.41, 5.74) is 0. The van der Waals surface area contributed by atoms with Gasteiger partial charge in [-0.05, 0) is 32.4 Å². The predicted molar refractivity (Wildman–Crippen MR) is 84.1 cm³/mol. The first-order valence-corrected chi connectivity index (χ1v) is 7.82. The third kappa shape index (κ3) is 6.31. The Hall–Kier alpha value is -1.81. The van der Waals surface area contributed by atoms with E-state index < -0.39 is 6.04 Å². The van der Waals surface area contributed by atoms with E-state index in [-0.39, 0.29) is 24.4 Å². The maximum absolute atomic E-state index is 12.4. The Morgan fingerprint density at radius 1 is 1.23 bits per heavy atom. The monoisotopic (exact) mass is 309 g/mol. The van der Waals surface area contributed by atoms with Crippen molar-refractivity contribution in [1.82, 2.24) is 20.4 Å². The van der Waals surface area contributed by atoms with Crippen LogP contribution in [0.2, 0.25) is 0 Å². The Morgan fingerprint density at radius 2 is 1.95 bits per heavy atom. The van der Waals surface area contributed by atoms with Gasteiger partial charge in [0, 0.05) is 19.6 Å². The summed E-state index contributed by atoms with van der Waals surface area (Å²) in [5.74, 6) is -0.0241. The number of nitrogens with zero attached hydrogens (tertiary/aromatic N) is 3. The third-order valence-electron chi connectivity index (χ3n) is 3.67. The summed E-state index contributed by atoms with van der Waals surface area (Å²) in [6.45, 7) is 7.12. The Morgan fingerprint density at radius 3 is 2.59 bits per heavy atom. The molecule has 0 radical (unpaired) electrons. The third-order valence-corrected chi connectivity index (χ3v) is 3.67. The summed E-state index contributed by atoms with van der Waals surface area (Å²) in [5, 5.41) is 13.9. The van der Waals surface area contributed by atoms with Crippen LogP contribution in [0.15, 0.2) is 0 Å². The van der Waals surface area contributed by atoms with Gasteiger partial charge in [-0.3, -0.25) is 4.79 Å². The van der Waals surface area contributed by atoms with Crippen molar-refractivity contribution >= 4 is 11.9 Å². The Bertz CT molecular complexity index is 419. The van der Waals surface area contributed by atoms with Gasteiger partial charge in [0.1, 0.15) is 12.6 Å². The van der Waals surface area contributed by atoms with Crippen molar-refractivity contribution in [3.63, 3.8) is 0 Å². The first kappa shape index (κ1) is 18.2. The van der Waals surface area contributed by atoms with Crippen LogP contribution in [0, 0.1) is 17.2 Å². The minimum Gasteiger partial charge on any atom is -0.341 e. The van der Waals surface area contributed by atoms with Crippen LogP contribution >= 0.6 is 0 Å². The van der Waals surface area contributed by atoms with Crippen molar-refractivity contribution in [2.45, 2.75) is 32.7 Å². The van der Waals surface area contributed by atoms with Gasteiger partial charge in [-0.15, -0.1) is 0 Å². The van der Waals surface area contributed by atoms with Crippen molar-refractivity contribution in [3.05, 3.63) is 0 Å². The molecule has 0 aliphatic carbocycles. The smallest absolute Gasteiger partial charge is 0.318 e. The molecule has 2 N–H and O–H groups in total. The highest BCUT2D eigenvalue weighted by Crippen LogP contribution is 2.07. The zero-order valence-corrected chi connectivity index (χ0v) is 13.8. The molecule has 1 aliphatic rings. The summed E-state index contributed by atoms with van der Waals surface area (Å²) < 4.78 is 0. The van der Waals surface area contributed by atoms with Crippen LogP contribution < -0.4 is 10.6 Å². The van der Waals surface area contributed by atoms with Crippen LogP contribution in [0.25, 0.3) is 0 Å². The van der Waals surface area contributed by atoms with Crippen molar-refractivity contribution in [3.8, 4) is 6.07 Å². The molecule has 0 spiro atoms. The fourth-order valence-electron chi connectivity index (χ4n) is 2.44. The average Bonchev–Trinajstić information content (AvgIpc) is 2.68. The molecule has 1 atom stereocenters. The van der Waals surface area contributed by atoms with Gasteiger partial charge in [-0.25, -0.2) is 4.79 Å². The van der Waals surface area contributed by atoms with Gasteiger partial charge >= 0.3 is 6.03 Å². The van der Waals surface area contributed by atoms with E-state index in [1.54, 1.807) is 4.90 Å². The Kier molecular flexibility index (Phi) is 7.67. The van der Waals surface area contributed by atoms with Crippen LogP contribution in [-0.4, -0.2) is 67.6 Å². The standard InChI is InChI=1S/C15H27N5O2/c1-12(2)11-13(14(21)17-6-5-16)18-15(22)20-8-4-7-19(3)9-10-20/h12-13H,4,6-11H2,1-3H3,(H,17,21)(H,18,22)/t13-/m0/s1. The molecule has 1 aliphatic heterocycles. The summed E-state index contributed by atoms with van der Waals surface area (Å²) in [7, 11) is 2.04. The Balaban J connectivity index is 2.61. The number of likely N-dealkylation sites (N-methyl/N-ethyl adjacent to an activating group) is 1. The molecule has 7 nitrogen and oxygen atoms in total. The molecule has 1 heterocycles. The van der Waals surface area contributed by atoms with Gasteiger partial charge in [-0.1, -0.05) is 13.8 Å². The summed E-state index contributed by atoms with van der Waals surface area (Å²) >= 11 is 0. The lowest BCUT2D eigenvalue weighted by molar-refractivity contribution is -0.123. The van der Waals surface area contributed by atoms with Gasteiger partial charge in [0.2, 0.25) is 5.91 Å². The van der Waals surface area contributed by atoms with E-state index in [0.717, 1.165) is 19.5 Å². The van der Waals surface area contributed by atoms with Crippen molar-refractivity contribution in [2.75, 3.05) is 39.8 Å². The highest BCUT2D eigenvalue weighted by molar-refractivity contribution is 5.87. The molecule has 3 amide bonds. The molecule has 0 aromatic heterocycles. The lowest BCUT2D eigenvalue weighted by atomic mass is 10.0. The van der Waals surface area contributed by atoms with Crippen LogP contribution in [0.5, 0.6) is 0 Å². The van der Waals surface area contributed by atoms with E-state index in [2.05, 4.69) is 15.5 Å². The quantitative estimate of drug-likeness (QED) is 0.719. The predicted octanol–water partition coefficient (Wildman–Crippen LogP) is 0.388. The number of nitrogens with one attached hydrogen (secondary N) is 2. The molecule has 22 heavy (non-hydrogen) atoms. The molecule has 0 aromatic carbocycles. The minimum absolute atomic E-state index is 0.0438. The fraction of sp³-hybridized carbons (Fsp3) is 0.800. The van der Waals surface area contributed by atoms with E-state index in [9.17, 15) is 9.59 Å². The molecular weight excluding hydrogens is 282 g/mol. The molecular formula is C15H27N5O2. The molecule has 1 fully saturated rings. The molecule has 0 aromatic rings. The highest BCUT2D eigenvalue weighted by atomic mass is 16.2. The molecule has 0 unspecified atom stereocenters. The summed E-state index contributed by atoms with van der Waals surface area (Å²) in [6, 6.07) is 1.08. The minimum atomic E-state index is -0.596. The number of hydrogen-bond acceptors (Lipinski definition) is 4. The number of amides is 3. The topological polar surface area (TPSA) is 88.5 Å². The lowest BCUT2D eigenvalue weighted by Gasteiger charge is -2.25. The summed E-state index contributed by atoms with van der Waals surface area (Å²) in [4.78, 5) is 28.4. The van der Waals surface area contributed by atoms with Gasteiger partial charge in [0.05, 0.1) is 6.07 Å². The molecule has 7 heteroatoms. The molecule has 0 bridgehead atoms. The first-order valence-electron chi connectivity index (χ1n) is 7.82. The van der Waals surface area contributed by atoms with Crippen LogP contribution in [0.4, 0.5) is 4.79 Å². The summed E-state index contributed by atoms with van der Waals surface area (Å²) in [6.07, 6.45) is 1.48. The maximum atomic E-state index is 12.4. The number of carbonyl (C=O) groups excluding carboxylic acids is 2. The van der Waals surface area contributed by atoms with Gasteiger partial charge < -0.3 is 20.4 Å². The zero-order chi connectivity index (χ0) is 16.5. The maximum Gasteiger partial charge on any atom is 0.318 e. The SMILES string of the molecule is CC(C)C[C@H](NC(=O)N1CCCN(C)CC1)C(=O)NCC#N. The fourth-order valence-corrected chi connectivity index (χ4v) is 2.44. The Labute approximate surface area is 132 Å². The van der Waals surface area contributed by atoms with Gasteiger partial charge in [-0.2, -0.15) is 5.26 Å². The molecule has 124 valence electrons. The van der Waals surface area contributed by atoms with E-state index in [1.165, 1.54) is 0 Å². The number of nitriles is 1. The number of carbonyl (C=O) groups is 2. The van der Waals surface area contributed by atoms with E-state index in [1.807, 2.05) is 27.0 Å². The van der Waals surface area contributed by atoms with Crippen LogP contribution in [-0.2, 0) is 4.79 Å². The van der Waals surface area contributed by atoms with Crippen molar-refractivity contribution in [2.24, 2.45) is 5.92 Å². The highest BCUT2D eigenvalue weighted by Gasteiger charge is 2.25. The van der Waals surface area contributed by atoms with Gasteiger partial charge in [0.25, 0.3) is 0 Å². The van der Waals surface area contributed by atoms with Gasteiger partial charge in [0.15, 0.2) is 0 Å². The number of rotatable bonds is 5. The second-order valence-corrected chi connectivity index (χ2v) is 6.15. The molecule has 1 rings (SSSR count). The van der Waals surface area contributed by atoms with Crippen molar-refractivity contribution < 1.29 is 9.59 Å². The second-order valence-electron chi connectivity index (χ2n) is 6.15. The first-order chi connectivity index (χ1) is 10.4. The second kappa shape index (κ2) is 9.26. The lowest BCUT2D eigenvalue weighted by Crippen LogP contribution is -2.52. The van der Waals surface area contributed by atoms with E-state index in [0.29, 0.717) is 19.5 Å². The zero-order valence-electron chi connectivity index (χ0n) is 13.8. The number of urea groups is 1. The van der Waals surface area contributed by atoms with Crippen LogP contribution in [0.1, 0.15) is 26.7 Å². The van der Waals surface area contributed by atoms with Crippen LogP contribution in [0.3, 0.4) is 0 Å². The normalized spacial score (nSPS) is 17.5. The molecule has 1 saturated heterocycles. The number of hydrogen-bond donors (Lipinski definition) is 2. The van der Waals surface area contributed by atoms with E-state index >= 15 is 0 Å². The van der Waals surface area contributed by atoms with Crippen molar-refractivity contribution in [1.29, 1.82) is 5.26 Å². The van der Waals surface area contributed by atoms with E-state index in [4.69, 9.17) is 5.26 Å². The average molecular weight is 309 g/mol. The largest absolute Gasteiger partial charge is 0.341 e.